The molecule has 2 heteroatoms. The summed E-state index contributed by atoms with van der Waals surface area (Å²) in [6.07, 6.45) is 16.5. The van der Waals surface area contributed by atoms with Gasteiger partial charge in [-0.05, 0) is 84.9 Å². The highest BCUT2D eigenvalue weighted by molar-refractivity contribution is 5.66. The molecule has 0 aromatic heterocycles. The molecule has 0 bridgehead atoms. The quantitative estimate of drug-likeness (QED) is 0.390. The molecule has 0 saturated heterocycles. The summed E-state index contributed by atoms with van der Waals surface area (Å²) in [4.78, 5) is 11.5. The summed E-state index contributed by atoms with van der Waals surface area (Å²) in [6, 6.07) is 0. The Morgan fingerprint density at radius 1 is 1.00 bits per heavy atom. The van der Waals surface area contributed by atoms with Crippen LogP contribution in [-0.2, 0) is 9.53 Å². The van der Waals surface area contributed by atoms with Gasteiger partial charge in [-0.1, -0.05) is 77.7 Å². The van der Waals surface area contributed by atoms with Crippen molar-refractivity contribution in [1.29, 1.82) is 0 Å². The maximum absolute atomic E-state index is 11.5. The maximum Gasteiger partial charge on any atom is 0.302 e. The number of rotatable bonds is 6. The Bertz CT molecular complexity index is 776. The highest BCUT2D eigenvalue weighted by atomic mass is 16.5. The molecule has 0 aromatic carbocycles. The molecule has 0 unspecified atom stereocenters. The van der Waals surface area contributed by atoms with Gasteiger partial charge in [-0.3, -0.25) is 4.79 Å². The van der Waals surface area contributed by atoms with Crippen molar-refractivity contribution in [2.45, 2.75) is 112 Å². The Morgan fingerprint density at radius 3 is 2.44 bits per heavy atom. The van der Waals surface area contributed by atoms with E-state index in [2.05, 4.69) is 53.7 Å². The van der Waals surface area contributed by atoms with Gasteiger partial charge in [0.15, 0.2) is 0 Å². The first kappa shape index (κ1) is 24.1. The van der Waals surface area contributed by atoms with E-state index in [4.69, 9.17) is 4.74 Å². The van der Waals surface area contributed by atoms with Crippen LogP contribution in [0.1, 0.15) is 106 Å². The molecular formula is C30H48O2. The van der Waals surface area contributed by atoms with Gasteiger partial charge in [-0.2, -0.15) is 0 Å². The van der Waals surface area contributed by atoms with Gasteiger partial charge in [0.2, 0.25) is 0 Å². The third kappa shape index (κ3) is 4.14. The molecule has 0 aromatic rings. The standard InChI is InChI=1S/C30H48O2/c1-19(2)20(3)8-9-21(4)26-12-13-27-25-11-10-23-18-24(32-22(5)31)14-16-29(23,6)28(25)15-17-30(26,27)7/h10-11,19-21,24,26-28H,8-9,12-18H2,1-7H3/t20-,21+,24+,26-,27+,28-,29+,30-/m0/s1. The first-order chi connectivity index (χ1) is 15.1. The number of carbonyl (C=O) groups excluding carboxylic acids is 1. The number of hydrogen-bond acceptors (Lipinski definition) is 2. The summed E-state index contributed by atoms with van der Waals surface area (Å²) in [7, 11) is 0. The molecule has 0 N–H and O–H groups in total. The second kappa shape index (κ2) is 8.95. The lowest BCUT2D eigenvalue weighted by Crippen LogP contribution is -2.46. The van der Waals surface area contributed by atoms with Crippen molar-refractivity contribution in [2.75, 3.05) is 0 Å². The fourth-order valence-corrected chi connectivity index (χ4v) is 8.34. The molecule has 8 atom stereocenters. The summed E-state index contributed by atoms with van der Waals surface area (Å²) < 4.78 is 5.60. The average Bonchev–Trinajstić information content (AvgIpc) is 3.08. The number of allylic oxidation sites excluding steroid dienone is 3. The Balaban J connectivity index is 1.50. The molecule has 3 fully saturated rings. The van der Waals surface area contributed by atoms with Gasteiger partial charge in [-0.25, -0.2) is 0 Å². The topological polar surface area (TPSA) is 26.3 Å². The first-order valence-corrected chi connectivity index (χ1v) is 13.6. The van der Waals surface area contributed by atoms with Crippen molar-refractivity contribution >= 4 is 5.97 Å². The van der Waals surface area contributed by atoms with Crippen molar-refractivity contribution in [3.63, 3.8) is 0 Å². The summed E-state index contributed by atoms with van der Waals surface area (Å²) in [5.41, 5.74) is 4.08. The lowest BCUT2D eigenvalue weighted by molar-refractivity contribution is -0.148. The Labute approximate surface area is 197 Å². The van der Waals surface area contributed by atoms with E-state index in [-0.39, 0.29) is 17.5 Å². The van der Waals surface area contributed by atoms with Gasteiger partial charge < -0.3 is 4.74 Å². The van der Waals surface area contributed by atoms with Crippen molar-refractivity contribution in [1.82, 2.24) is 0 Å². The number of ether oxygens (including phenoxy) is 1. The third-order valence-corrected chi connectivity index (χ3v) is 10.8. The summed E-state index contributed by atoms with van der Waals surface area (Å²) >= 11 is 0. The Morgan fingerprint density at radius 2 is 1.75 bits per heavy atom. The van der Waals surface area contributed by atoms with Crippen molar-refractivity contribution in [3.8, 4) is 0 Å². The van der Waals surface area contributed by atoms with Crippen LogP contribution in [0.3, 0.4) is 0 Å². The minimum atomic E-state index is -0.131. The minimum Gasteiger partial charge on any atom is -0.462 e. The van der Waals surface area contributed by atoms with E-state index in [1.807, 2.05) is 0 Å². The second-order valence-electron chi connectivity index (χ2n) is 12.9. The lowest BCUT2D eigenvalue weighted by Gasteiger charge is -2.55. The fourth-order valence-electron chi connectivity index (χ4n) is 8.34. The van der Waals surface area contributed by atoms with Gasteiger partial charge in [-0.15, -0.1) is 0 Å². The SMILES string of the molecule is CC(=O)O[C@@H]1CC[C@]2(C)C(=CC=C3[C@H]4CC[C@@H]([C@H](C)CC[C@H](C)C(C)C)[C@]4(C)CC[C@@H]32)C1. The average molecular weight is 441 g/mol. The number of fused-ring (bicyclic) bond motifs is 5. The van der Waals surface area contributed by atoms with Gasteiger partial charge >= 0.3 is 5.97 Å². The van der Waals surface area contributed by atoms with Gasteiger partial charge in [0.25, 0.3) is 0 Å². The van der Waals surface area contributed by atoms with Crippen LogP contribution in [0.5, 0.6) is 0 Å². The van der Waals surface area contributed by atoms with Crippen molar-refractivity contribution < 1.29 is 9.53 Å². The van der Waals surface area contributed by atoms with Crippen LogP contribution in [-0.4, -0.2) is 12.1 Å². The molecular weight excluding hydrogens is 392 g/mol. The lowest BCUT2D eigenvalue weighted by atomic mass is 9.50. The molecule has 3 saturated carbocycles. The van der Waals surface area contributed by atoms with Crippen LogP contribution in [0.4, 0.5) is 0 Å². The van der Waals surface area contributed by atoms with Gasteiger partial charge in [0, 0.05) is 13.3 Å². The molecule has 4 aliphatic carbocycles. The van der Waals surface area contributed by atoms with E-state index in [0.29, 0.717) is 11.3 Å². The molecule has 0 radical (unpaired) electrons. The van der Waals surface area contributed by atoms with Crippen LogP contribution < -0.4 is 0 Å². The number of hydrogen-bond donors (Lipinski definition) is 0. The van der Waals surface area contributed by atoms with Crippen LogP contribution in [0, 0.1) is 46.3 Å². The molecule has 180 valence electrons. The summed E-state index contributed by atoms with van der Waals surface area (Å²) in [5.74, 6) is 4.71. The maximum atomic E-state index is 11.5. The van der Waals surface area contributed by atoms with Gasteiger partial charge in [0.1, 0.15) is 6.10 Å². The Hall–Kier alpha value is -1.05. The normalized spacial score (nSPS) is 40.5. The second-order valence-corrected chi connectivity index (χ2v) is 12.9. The predicted octanol–water partition coefficient (Wildman–Crippen LogP) is 8.13. The monoisotopic (exact) mass is 440 g/mol. The molecule has 2 nitrogen and oxygen atoms in total. The van der Waals surface area contributed by atoms with E-state index in [0.717, 1.165) is 48.9 Å². The zero-order valence-corrected chi connectivity index (χ0v) is 21.9. The fraction of sp³-hybridized carbons (Fsp3) is 0.833. The Kier molecular flexibility index (Phi) is 6.74. The summed E-state index contributed by atoms with van der Waals surface area (Å²) in [5, 5.41) is 0. The minimum absolute atomic E-state index is 0.0839. The summed E-state index contributed by atoms with van der Waals surface area (Å²) in [6.45, 7) is 16.5. The van der Waals surface area contributed by atoms with Gasteiger partial charge in [0.05, 0.1) is 0 Å². The predicted molar refractivity (Wildman–Crippen MR) is 133 cm³/mol. The van der Waals surface area contributed by atoms with E-state index >= 15 is 0 Å². The van der Waals surface area contributed by atoms with E-state index in [1.54, 1.807) is 12.5 Å². The molecule has 4 rings (SSSR count). The zero-order valence-electron chi connectivity index (χ0n) is 21.9. The molecule has 4 aliphatic rings. The highest BCUT2D eigenvalue weighted by Gasteiger charge is 2.57. The highest BCUT2D eigenvalue weighted by Crippen LogP contribution is 2.66. The van der Waals surface area contributed by atoms with E-state index < -0.39 is 0 Å². The number of esters is 1. The largest absolute Gasteiger partial charge is 0.462 e. The van der Waals surface area contributed by atoms with Crippen molar-refractivity contribution in [2.24, 2.45) is 46.3 Å². The van der Waals surface area contributed by atoms with Crippen LogP contribution >= 0.6 is 0 Å². The molecule has 0 amide bonds. The van der Waals surface area contributed by atoms with Crippen LogP contribution in [0.2, 0.25) is 0 Å². The van der Waals surface area contributed by atoms with E-state index in [1.165, 1.54) is 44.1 Å². The van der Waals surface area contributed by atoms with Crippen molar-refractivity contribution in [3.05, 3.63) is 23.3 Å². The molecule has 0 aliphatic heterocycles. The third-order valence-electron chi connectivity index (χ3n) is 10.8. The first-order valence-electron chi connectivity index (χ1n) is 13.6. The molecule has 0 heterocycles. The zero-order chi connectivity index (χ0) is 23.3. The van der Waals surface area contributed by atoms with E-state index in [9.17, 15) is 4.79 Å². The smallest absolute Gasteiger partial charge is 0.302 e. The molecule has 0 spiro atoms. The number of carbonyl (C=O) groups is 1. The van der Waals surface area contributed by atoms with Crippen LogP contribution in [0.15, 0.2) is 23.3 Å². The molecule has 32 heavy (non-hydrogen) atoms. The van der Waals surface area contributed by atoms with Crippen LogP contribution in [0.25, 0.3) is 0 Å².